The number of nitrogens with zero attached hydrogens (tertiary/aromatic N) is 5. The maximum absolute atomic E-state index is 12.2. The topological polar surface area (TPSA) is 92.7 Å². The number of morpholine rings is 1. The van der Waals surface area contributed by atoms with Crippen molar-refractivity contribution >= 4 is 23.9 Å². The third-order valence-electron chi connectivity index (χ3n) is 4.32. The van der Waals surface area contributed by atoms with Crippen molar-refractivity contribution < 1.29 is 14.3 Å². The number of methoxy groups -OCH3 is 1. The number of amides is 1. The van der Waals surface area contributed by atoms with E-state index >= 15 is 0 Å². The van der Waals surface area contributed by atoms with Gasteiger partial charge in [0, 0.05) is 33.3 Å². The van der Waals surface area contributed by atoms with E-state index in [9.17, 15) is 4.79 Å². The predicted octanol–water partition coefficient (Wildman–Crippen LogP) is 1.11. The molecule has 1 amide bonds. The Hall–Kier alpha value is -3.20. The van der Waals surface area contributed by atoms with Crippen LogP contribution in [0, 0.1) is 0 Å². The summed E-state index contributed by atoms with van der Waals surface area (Å²) in [6.07, 6.45) is 3.23. The van der Waals surface area contributed by atoms with Crippen molar-refractivity contribution in [2.75, 3.05) is 57.3 Å². The quantitative estimate of drug-likeness (QED) is 0.694. The fraction of sp³-hybridized carbons (Fsp3) is 0.400. The molecule has 0 unspecified atom stereocenters. The molecule has 1 aromatic carbocycles. The van der Waals surface area contributed by atoms with Crippen LogP contribution in [-0.2, 0) is 16.1 Å². The van der Waals surface area contributed by atoms with Crippen LogP contribution >= 0.6 is 0 Å². The standard InChI is InChI=1S/C20H26N6O3/c1-25(2)19-22-17(23-20(24-19)26-10-12-29-13-11-26)14-21-18(27)9-6-15-4-7-16(28-3)8-5-15/h4-9H,10-14H2,1-3H3,(H,21,27)/b9-6+. The van der Waals surface area contributed by atoms with Gasteiger partial charge >= 0.3 is 0 Å². The van der Waals surface area contributed by atoms with Crippen molar-refractivity contribution in [2.24, 2.45) is 0 Å². The highest BCUT2D eigenvalue weighted by atomic mass is 16.5. The second-order valence-electron chi connectivity index (χ2n) is 6.67. The van der Waals surface area contributed by atoms with Gasteiger partial charge in [0.15, 0.2) is 5.82 Å². The third kappa shape index (κ3) is 5.89. The van der Waals surface area contributed by atoms with E-state index < -0.39 is 0 Å². The normalized spacial score (nSPS) is 14.1. The Morgan fingerprint density at radius 3 is 2.59 bits per heavy atom. The molecule has 9 nitrogen and oxygen atoms in total. The monoisotopic (exact) mass is 398 g/mol. The summed E-state index contributed by atoms with van der Waals surface area (Å²) in [5, 5.41) is 2.82. The third-order valence-corrected chi connectivity index (χ3v) is 4.32. The lowest BCUT2D eigenvalue weighted by Gasteiger charge is -2.27. The van der Waals surface area contributed by atoms with Gasteiger partial charge in [0.25, 0.3) is 0 Å². The highest BCUT2D eigenvalue weighted by Gasteiger charge is 2.17. The molecule has 1 saturated heterocycles. The number of rotatable bonds is 7. The molecular weight excluding hydrogens is 372 g/mol. The molecule has 0 aliphatic carbocycles. The first-order chi connectivity index (χ1) is 14.0. The number of benzene rings is 1. The summed E-state index contributed by atoms with van der Waals surface area (Å²) in [5.74, 6) is 2.22. The van der Waals surface area contributed by atoms with Gasteiger partial charge < -0.3 is 24.6 Å². The number of carbonyl (C=O) groups excluding carboxylic acids is 1. The lowest BCUT2D eigenvalue weighted by Crippen LogP contribution is -2.38. The van der Waals surface area contributed by atoms with Gasteiger partial charge in [-0.15, -0.1) is 0 Å². The number of hydrogen-bond donors (Lipinski definition) is 1. The molecule has 0 bridgehead atoms. The Labute approximate surface area is 170 Å². The van der Waals surface area contributed by atoms with E-state index in [4.69, 9.17) is 9.47 Å². The minimum atomic E-state index is -0.222. The van der Waals surface area contributed by atoms with Crippen LogP contribution in [0.1, 0.15) is 11.4 Å². The number of anilines is 2. The average Bonchev–Trinajstić information content (AvgIpc) is 2.77. The summed E-state index contributed by atoms with van der Waals surface area (Å²) in [5.41, 5.74) is 0.908. The average molecular weight is 398 g/mol. The minimum absolute atomic E-state index is 0.215. The van der Waals surface area contributed by atoms with Crippen molar-refractivity contribution in [3.63, 3.8) is 0 Å². The fourth-order valence-electron chi connectivity index (χ4n) is 2.69. The summed E-state index contributed by atoms with van der Waals surface area (Å²) < 4.78 is 10.5. The van der Waals surface area contributed by atoms with Crippen LogP contribution in [0.5, 0.6) is 5.75 Å². The van der Waals surface area contributed by atoms with Crippen molar-refractivity contribution in [1.29, 1.82) is 0 Å². The van der Waals surface area contributed by atoms with Crippen LogP contribution in [-0.4, -0.2) is 68.4 Å². The van der Waals surface area contributed by atoms with Crippen LogP contribution in [0.3, 0.4) is 0 Å². The highest BCUT2D eigenvalue weighted by molar-refractivity contribution is 5.91. The van der Waals surface area contributed by atoms with Crippen LogP contribution < -0.4 is 19.9 Å². The van der Waals surface area contributed by atoms with Gasteiger partial charge in [0.1, 0.15) is 5.75 Å². The second kappa shape index (κ2) is 9.83. The molecule has 29 heavy (non-hydrogen) atoms. The summed E-state index contributed by atoms with van der Waals surface area (Å²) in [6, 6.07) is 7.45. The first-order valence-corrected chi connectivity index (χ1v) is 9.40. The molecule has 1 aliphatic rings. The van der Waals surface area contributed by atoms with Gasteiger partial charge in [-0.25, -0.2) is 0 Å². The van der Waals surface area contributed by atoms with E-state index in [0.29, 0.717) is 30.9 Å². The lowest BCUT2D eigenvalue weighted by molar-refractivity contribution is -0.116. The van der Waals surface area contributed by atoms with Crippen LogP contribution in [0.4, 0.5) is 11.9 Å². The number of nitrogens with one attached hydrogen (secondary N) is 1. The molecule has 1 aliphatic heterocycles. The molecule has 3 rings (SSSR count). The predicted molar refractivity (Wildman–Crippen MR) is 111 cm³/mol. The van der Waals surface area contributed by atoms with Crippen LogP contribution in [0.15, 0.2) is 30.3 Å². The molecule has 1 N–H and O–H groups in total. The van der Waals surface area contributed by atoms with Crippen molar-refractivity contribution in [2.45, 2.75) is 6.54 Å². The van der Waals surface area contributed by atoms with Gasteiger partial charge in [-0.1, -0.05) is 12.1 Å². The van der Waals surface area contributed by atoms with E-state index in [1.165, 1.54) is 6.08 Å². The fourth-order valence-corrected chi connectivity index (χ4v) is 2.69. The maximum Gasteiger partial charge on any atom is 0.244 e. The van der Waals surface area contributed by atoms with Gasteiger partial charge in [-0.2, -0.15) is 15.0 Å². The number of aromatic nitrogens is 3. The molecule has 0 radical (unpaired) electrons. The largest absolute Gasteiger partial charge is 0.497 e. The smallest absolute Gasteiger partial charge is 0.244 e. The summed E-state index contributed by atoms with van der Waals surface area (Å²) in [4.78, 5) is 29.5. The SMILES string of the molecule is COc1ccc(/C=C/C(=O)NCc2nc(N(C)C)nc(N3CCOCC3)n2)cc1. The molecule has 1 fully saturated rings. The number of hydrogen-bond acceptors (Lipinski definition) is 8. The molecule has 9 heteroatoms. The van der Waals surface area contributed by atoms with Gasteiger partial charge in [-0.05, 0) is 23.8 Å². The highest BCUT2D eigenvalue weighted by Crippen LogP contribution is 2.14. The number of carbonyl (C=O) groups is 1. The molecule has 0 atom stereocenters. The number of ether oxygens (including phenoxy) is 2. The van der Waals surface area contributed by atoms with Gasteiger partial charge in [0.2, 0.25) is 17.8 Å². The maximum atomic E-state index is 12.2. The van der Waals surface area contributed by atoms with Crippen molar-refractivity contribution in [1.82, 2.24) is 20.3 Å². The van der Waals surface area contributed by atoms with Crippen LogP contribution in [0.2, 0.25) is 0 Å². The Bertz CT molecular complexity index is 848. The van der Waals surface area contributed by atoms with Gasteiger partial charge in [0.05, 0.1) is 26.9 Å². The minimum Gasteiger partial charge on any atom is -0.497 e. The molecular formula is C20H26N6O3. The first-order valence-electron chi connectivity index (χ1n) is 9.40. The van der Waals surface area contributed by atoms with E-state index in [0.717, 1.165) is 24.4 Å². The Kier molecular flexibility index (Phi) is 6.96. The van der Waals surface area contributed by atoms with Crippen LogP contribution in [0.25, 0.3) is 6.08 Å². The molecule has 1 aromatic heterocycles. The van der Waals surface area contributed by atoms with Gasteiger partial charge in [-0.3, -0.25) is 4.79 Å². The Balaban J connectivity index is 1.64. The summed E-state index contributed by atoms with van der Waals surface area (Å²) in [7, 11) is 5.36. The Morgan fingerprint density at radius 1 is 1.21 bits per heavy atom. The molecule has 0 saturated carbocycles. The second-order valence-corrected chi connectivity index (χ2v) is 6.67. The zero-order valence-electron chi connectivity index (χ0n) is 17.0. The molecule has 0 spiro atoms. The van der Waals surface area contributed by atoms with E-state index in [1.807, 2.05) is 43.3 Å². The first kappa shape index (κ1) is 20.5. The van der Waals surface area contributed by atoms with E-state index in [2.05, 4.69) is 25.2 Å². The zero-order chi connectivity index (χ0) is 20.6. The zero-order valence-corrected chi connectivity index (χ0v) is 17.0. The van der Waals surface area contributed by atoms with Crippen molar-refractivity contribution in [3.05, 3.63) is 41.7 Å². The van der Waals surface area contributed by atoms with E-state index in [-0.39, 0.29) is 12.5 Å². The molecule has 154 valence electrons. The van der Waals surface area contributed by atoms with E-state index in [1.54, 1.807) is 13.2 Å². The lowest BCUT2D eigenvalue weighted by atomic mass is 10.2. The van der Waals surface area contributed by atoms with Crippen molar-refractivity contribution in [3.8, 4) is 5.75 Å². The Morgan fingerprint density at radius 2 is 1.93 bits per heavy atom. The molecule has 2 aromatic rings. The summed E-state index contributed by atoms with van der Waals surface area (Å²) >= 11 is 0. The molecule has 2 heterocycles. The summed E-state index contributed by atoms with van der Waals surface area (Å²) in [6.45, 7) is 2.96.